The third-order valence-electron chi connectivity index (χ3n) is 3.11. The number of carbonyl (C=O) groups is 1. The Morgan fingerprint density at radius 1 is 1.10 bits per heavy atom. The largest absolute Gasteiger partial charge is 0.506 e. The molecule has 0 aromatic heterocycles. The molecule has 0 saturated carbocycles. The maximum atomic E-state index is 12.1. The minimum Gasteiger partial charge on any atom is -0.506 e. The fourth-order valence-corrected chi connectivity index (χ4v) is 1.86. The van der Waals surface area contributed by atoms with Crippen LogP contribution in [0.15, 0.2) is 42.5 Å². The van der Waals surface area contributed by atoms with E-state index in [1.165, 1.54) is 0 Å². The van der Waals surface area contributed by atoms with Crippen molar-refractivity contribution in [2.45, 2.75) is 26.9 Å². The first-order valence-corrected chi connectivity index (χ1v) is 6.79. The Bertz CT molecular complexity index is 635. The fraction of sp³-hybridized carbons (Fsp3) is 0.235. The number of nitrogens with one attached hydrogen (secondary N) is 1. The molecule has 2 rings (SSSR count). The first-order valence-electron chi connectivity index (χ1n) is 6.79. The van der Waals surface area contributed by atoms with Gasteiger partial charge >= 0.3 is 0 Å². The molecule has 0 unspecified atom stereocenters. The van der Waals surface area contributed by atoms with Crippen molar-refractivity contribution < 1.29 is 14.6 Å². The van der Waals surface area contributed by atoms with Gasteiger partial charge in [0.25, 0.3) is 5.91 Å². The normalized spacial score (nSPS) is 11.8. The lowest BCUT2D eigenvalue weighted by Gasteiger charge is -2.15. The highest BCUT2D eigenvalue weighted by molar-refractivity contribution is 5.95. The number of hydrogen-bond acceptors (Lipinski definition) is 3. The number of phenolic OH excluding ortho intramolecular Hbond substituents is 1. The molecule has 0 aliphatic carbocycles. The molecular weight excluding hydrogens is 266 g/mol. The van der Waals surface area contributed by atoms with Gasteiger partial charge in [-0.15, -0.1) is 0 Å². The monoisotopic (exact) mass is 285 g/mol. The van der Waals surface area contributed by atoms with Gasteiger partial charge in [-0.1, -0.05) is 23.8 Å². The van der Waals surface area contributed by atoms with Gasteiger partial charge in [0.1, 0.15) is 11.5 Å². The van der Waals surface area contributed by atoms with Crippen molar-refractivity contribution in [3.63, 3.8) is 0 Å². The molecule has 110 valence electrons. The molecule has 0 fully saturated rings. The highest BCUT2D eigenvalue weighted by Crippen LogP contribution is 2.24. The predicted octanol–water partition coefficient (Wildman–Crippen LogP) is 3.42. The highest BCUT2D eigenvalue weighted by atomic mass is 16.5. The van der Waals surface area contributed by atoms with Gasteiger partial charge in [0.05, 0.1) is 5.69 Å². The van der Waals surface area contributed by atoms with Crippen LogP contribution in [0.1, 0.15) is 18.1 Å². The Labute approximate surface area is 124 Å². The number of aromatic hydroxyl groups is 1. The van der Waals surface area contributed by atoms with Crippen LogP contribution in [0.5, 0.6) is 11.5 Å². The SMILES string of the molecule is Cc1ccc(O[C@H](C)C(=O)Nc2ccc(C)cc2O)cc1. The maximum absolute atomic E-state index is 12.1. The summed E-state index contributed by atoms with van der Waals surface area (Å²) in [4.78, 5) is 12.1. The molecule has 2 aromatic carbocycles. The lowest BCUT2D eigenvalue weighted by Crippen LogP contribution is -2.30. The van der Waals surface area contributed by atoms with E-state index in [1.54, 1.807) is 19.1 Å². The molecule has 2 aromatic rings. The Hall–Kier alpha value is -2.49. The van der Waals surface area contributed by atoms with Gasteiger partial charge in [-0.3, -0.25) is 4.79 Å². The number of anilines is 1. The van der Waals surface area contributed by atoms with E-state index >= 15 is 0 Å². The average Bonchev–Trinajstić information content (AvgIpc) is 2.44. The summed E-state index contributed by atoms with van der Waals surface area (Å²) in [5.41, 5.74) is 2.43. The molecule has 1 atom stereocenters. The minimum atomic E-state index is -0.659. The zero-order valence-corrected chi connectivity index (χ0v) is 12.4. The number of carbonyl (C=O) groups excluding carboxylic acids is 1. The van der Waals surface area contributed by atoms with Crippen molar-refractivity contribution in [3.05, 3.63) is 53.6 Å². The first kappa shape index (κ1) is 14.9. The predicted molar refractivity (Wildman–Crippen MR) is 82.7 cm³/mol. The number of amides is 1. The van der Waals surface area contributed by atoms with E-state index in [0.29, 0.717) is 11.4 Å². The number of hydrogen-bond donors (Lipinski definition) is 2. The average molecular weight is 285 g/mol. The van der Waals surface area contributed by atoms with Crippen LogP contribution in [-0.2, 0) is 4.79 Å². The van der Waals surface area contributed by atoms with Gasteiger partial charge in [0.2, 0.25) is 0 Å². The lowest BCUT2D eigenvalue weighted by molar-refractivity contribution is -0.122. The van der Waals surface area contributed by atoms with E-state index in [1.807, 2.05) is 44.2 Å². The van der Waals surface area contributed by atoms with Crippen molar-refractivity contribution >= 4 is 11.6 Å². The zero-order valence-electron chi connectivity index (χ0n) is 12.4. The Kier molecular flexibility index (Phi) is 4.48. The number of phenols is 1. The van der Waals surface area contributed by atoms with Crippen LogP contribution < -0.4 is 10.1 Å². The molecular formula is C17H19NO3. The molecule has 0 saturated heterocycles. The smallest absolute Gasteiger partial charge is 0.265 e. The number of aryl methyl sites for hydroxylation is 2. The summed E-state index contributed by atoms with van der Waals surface area (Å²) in [5, 5.41) is 12.4. The summed E-state index contributed by atoms with van der Waals surface area (Å²) in [7, 11) is 0. The van der Waals surface area contributed by atoms with Gasteiger partial charge in [-0.2, -0.15) is 0 Å². The molecule has 0 spiro atoms. The molecule has 0 radical (unpaired) electrons. The van der Waals surface area contributed by atoms with Crippen molar-refractivity contribution in [1.29, 1.82) is 0 Å². The van der Waals surface area contributed by atoms with Crippen molar-refractivity contribution in [1.82, 2.24) is 0 Å². The van der Waals surface area contributed by atoms with Gasteiger partial charge in [-0.05, 0) is 50.6 Å². The quantitative estimate of drug-likeness (QED) is 0.846. The second-order valence-electron chi connectivity index (χ2n) is 5.08. The number of benzene rings is 2. The van der Waals surface area contributed by atoms with Crippen LogP contribution in [0.25, 0.3) is 0 Å². The second-order valence-corrected chi connectivity index (χ2v) is 5.08. The molecule has 4 heteroatoms. The number of ether oxygens (including phenoxy) is 1. The summed E-state index contributed by atoms with van der Waals surface area (Å²) in [6.45, 7) is 5.52. The maximum Gasteiger partial charge on any atom is 0.265 e. The van der Waals surface area contributed by atoms with E-state index in [0.717, 1.165) is 11.1 Å². The molecule has 0 aliphatic heterocycles. The molecule has 0 aliphatic rings. The topological polar surface area (TPSA) is 58.6 Å². The first-order chi connectivity index (χ1) is 9.95. The van der Waals surface area contributed by atoms with Crippen LogP contribution in [0.3, 0.4) is 0 Å². The Morgan fingerprint density at radius 2 is 1.71 bits per heavy atom. The van der Waals surface area contributed by atoms with Crippen molar-refractivity contribution in [2.24, 2.45) is 0 Å². The summed E-state index contributed by atoms with van der Waals surface area (Å²) < 4.78 is 5.57. The van der Waals surface area contributed by atoms with E-state index < -0.39 is 6.10 Å². The van der Waals surface area contributed by atoms with Crippen molar-refractivity contribution in [2.75, 3.05) is 5.32 Å². The van der Waals surface area contributed by atoms with Crippen LogP contribution in [0, 0.1) is 13.8 Å². The Balaban J connectivity index is 2.00. The molecule has 0 heterocycles. The van der Waals surface area contributed by atoms with Gasteiger partial charge in [0.15, 0.2) is 6.10 Å². The van der Waals surface area contributed by atoms with Gasteiger partial charge in [-0.25, -0.2) is 0 Å². The molecule has 1 amide bonds. The lowest BCUT2D eigenvalue weighted by atomic mass is 10.2. The zero-order chi connectivity index (χ0) is 15.4. The summed E-state index contributed by atoms with van der Waals surface area (Å²) in [6, 6.07) is 12.6. The molecule has 4 nitrogen and oxygen atoms in total. The van der Waals surface area contributed by atoms with Crippen LogP contribution in [0.4, 0.5) is 5.69 Å². The fourth-order valence-electron chi connectivity index (χ4n) is 1.86. The molecule has 0 bridgehead atoms. The molecule has 2 N–H and O–H groups in total. The minimum absolute atomic E-state index is 0.0471. The van der Waals surface area contributed by atoms with E-state index in [2.05, 4.69) is 5.32 Å². The highest BCUT2D eigenvalue weighted by Gasteiger charge is 2.16. The van der Waals surface area contributed by atoms with Crippen LogP contribution >= 0.6 is 0 Å². The second kappa shape index (κ2) is 6.31. The van der Waals surface area contributed by atoms with Gasteiger partial charge in [0, 0.05) is 0 Å². The van der Waals surface area contributed by atoms with E-state index in [4.69, 9.17) is 4.74 Å². The van der Waals surface area contributed by atoms with Crippen molar-refractivity contribution in [3.8, 4) is 11.5 Å². The standard InChI is InChI=1S/C17H19NO3/c1-11-4-7-14(8-5-11)21-13(3)17(20)18-15-9-6-12(2)10-16(15)19/h4-10,13,19H,1-3H3,(H,18,20)/t13-/m1/s1. The van der Waals surface area contributed by atoms with Gasteiger partial charge < -0.3 is 15.2 Å². The Morgan fingerprint density at radius 3 is 2.33 bits per heavy atom. The summed E-state index contributed by atoms with van der Waals surface area (Å²) in [5.74, 6) is 0.372. The van der Waals surface area contributed by atoms with E-state index in [-0.39, 0.29) is 11.7 Å². The third kappa shape index (κ3) is 3.99. The summed E-state index contributed by atoms with van der Waals surface area (Å²) in [6.07, 6.45) is -0.659. The summed E-state index contributed by atoms with van der Waals surface area (Å²) >= 11 is 0. The number of rotatable bonds is 4. The van der Waals surface area contributed by atoms with Crippen LogP contribution in [0.2, 0.25) is 0 Å². The third-order valence-corrected chi connectivity index (χ3v) is 3.11. The van der Waals surface area contributed by atoms with E-state index in [9.17, 15) is 9.90 Å². The molecule has 21 heavy (non-hydrogen) atoms. The van der Waals surface area contributed by atoms with Crippen LogP contribution in [-0.4, -0.2) is 17.1 Å².